The van der Waals surface area contributed by atoms with Crippen LogP contribution in [0.4, 0.5) is 24.5 Å². The first kappa shape index (κ1) is 27.6. The lowest BCUT2D eigenvalue weighted by atomic mass is 9.90. The van der Waals surface area contributed by atoms with Crippen LogP contribution in [0.5, 0.6) is 0 Å². The number of benzene rings is 3. The molecule has 0 aliphatic carbocycles. The standard InChI is InChI=1S/C18H18F2N2O2.C12H16FN/c19-15-3-1-2-14(11-15)10-13-6-8-21(9-7-13)18-5-4-16(22(23)24)12-17(18)20;13-12-3-1-2-11(9-12)8-10-4-6-14-7-5-10/h1-5,11-13H,6-10H2;1-3,9-10,14H,4-8H2. The van der Waals surface area contributed by atoms with Crippen LogP contribution in [-0.4, -0.2) is 31.1 Å². The molecule has 2 aliphatic rings. The Bertz CT molecular complexity index is 1210. The van der Waals surface area contributed by atoms with Gasteiger partial charge in [-0.05, 0) is 105 Å². The molecule has 0 unspecified atom stereocenters. The van der Waals surface area contributed by atoms with Crippen LogP contribution in [0.1, 0.15) is 36.8 Å². The second-order valence-electron chi connectivity index (χ2n) is 10.2. The van der Waals surface area contributed by atoms with Crippen LogP contribution in [0.25, 0.3) is 0 Å². The first-order chi connectivity index (χ1) is 18.4. The first-order valence-corrected chi connectivity index (χ1v) is 13.3. The molecule has 2 aliphatic heterocycles. The van der Waals surface area contributed by atoms with E-state index in [9.17, 15) is 23.3 Å². The topological polar surface area (TPSA) is 58.4 Å². The van der Waals surface area contributed by atoms with Gasteiger partial charge in [0.1, 0.15) is 11.6 Å². The van der Waals surface area contributed by atoms with Gasteiger partial charge in [0.2, 0.25) is 0 Å². The van der Waals surface area contributed by atoms with Crippen LogP contribution in [0.15, 0.2) is 66.7 Å². The lowest BCUT2D eigenvalue weighted by molar-refractivity contribution is -0.385. The number of nitrogens with one attached hydrogen (secondary N) is 1. The normalized spacial score (nSPS) is 16.6. The van der Waals surface area contributed by atoms with E-state index in [1.165, 1.54) is 37.1 Å². The van der Waals surface area contributed by atoms with Crippen molar-refractivity contribution in [3.8, 4) is 0 Å². The van der Waals surface area contributed by atoms with Crippen molar-refractivity contribution in [1.29, 1.82) is 0 Å². The minimum absolute atomic E-state index is 0.114. The van der Waals surface area contributed by atoms with Gasteiger partial charge in [-0.3, -0.25) is 10.1 Å². The highest BCUT2D eigenvalue weighted by Gasteiger charge is 2.23. The van der Waals surface area contributed by atoms with Gasteiger partial charge in [-0.1, -0.05) is 24.3 Å². The molecular formula is C30H34F3N3O2. The number of piperidine rings is 2. The van der Waals surface area contributed by atoms with Gasteiger partial charge in [-0.2, -0.15) is 0 Å². The molecule has 1 N–H and O–H groups in total. The van der Waals surface area contributed by atoms with Crippen molar-refractivity contribution < 1.29 is 18.1 Å². The monoisotopic (exact) mass is 525 g/mol. The van der Waals surface area contributed by atoms with Crippen molar-refractivity contribution in [2.24, 2.45) is 11.8 Å². The summed E-state index contributed by atoms with van der Waals surface area (Å²) in [7, 11) is 0. The van der Waals surface area contributed by atoms with Crippen molar-refractivity contribution in [2.75, 3.05) is 31.1 Å². The van der Waals surface area contributed by atoms with E-state index >= 15 is 0 Å². The summed E-state index contributed by atoms with van der Waals surface area (Å²) in [6, 6.07) is 17.4. The number of anilines is 1. The molecule has 0 radical (unpaired) electrons. The Morgan fingerprint density at radius 1 is 0.789 bits per heavy atom. The lowest BCUT2D eigenvalue weighted by Crippen LogP contribution is -2.34. The Balaban J connectivity index is 0.000000204. The molecule has 3 aromatic carbocycles. The summed E-state index contributed by atoms with van der Waals surface area (Å²) in [6.07, 6.45) is 6.04. The number of hydrogen-bond acceptors (Lipinski definition) is 4. The van der Waals surface area contributed by atoms with Gasteiger partial charge in [0.05, 0.1) is 16.7 Å². The highest BCUT2D eigenvalue weighted by atomic mass is 19.1. The maximum absolute atomic E-state index is 14.1. The van der Waals surface area contributed by atoms with Crippen LogP contribution in [0.3, 0.4) is 0 Å². The Kier molecular flexibility index (Phi) is 9.76. The zero-order chi connectivity index (χ0) is 26.9. The largest absolute Gasteiger partial charge is 0.369 e. The molecule has 0 saturated carbocycles. The number of halogens is 3. The molecule has 0 atom stereocenters. The van der Waals surface area contributed by atoms with Crippen molar-refractivity contribution in [2.45, 2.75) is 38.5 Å². The predicted octanol–water partition coefficient (Wildman–Crippen LogP) is 6.70. The van der Waals surface area contributed by atoms with Crippen molar-refractivity contribution in [3.05, 3.63) is 105 Å². The van der Waals surface area contributed by atoms with E-state index < -0.39 is 10.7 Å². The fourth-order valence-electron chi connectivity index (χ4n) is 5.32. The van der Waals surface area contributed by atoms with Crippen molar-refractivity contribution in [1.82, 2.24) is 5.32 Å². The maximum atomic E-state index is 14.1. The van der Waals surface area contributed by atoms with Crippen LogP contribution in [0, 0.1) is 39.4 Å². The molecule has 38 heavy (non-hydrogen) atoms. The fraction of sp³-hybridized carbons (Fsp3) is 0.400. The molecule has 8 heteroatoms. The van der Waals surface area contributed by atoms with E-state index in [0.717, 1.165) is 61.9 Å². The summed E-state index contributed by atoms with van der Waals surface area (Å²) < 4.78 is 40.2. The molecule has 2 saturated heterocycles. The molecule has 2 heterocycles. The van der Waals surface area contributed by atoms with E-state index in [1.54, 1.807) is 24.3 Å². The van der Waals surface area contributed by atoms with E-state index in [2.05, 4.69) is 5.32 Å². The molecule has 5 rings (SSSR count). The Morgan fingerprint density at radius 3 is 1.84 bits per heavy atom. The molecule has 0 spiro atoms. The number of hydrogen-bond donors (Lipinski definition) is 1. The summed E-state index contributed by atoms with van der Waals surface area (Å²) in [5, 5.41) is 14.0. The summed E-state index contributed by atoms with van der Waals surface area (Å²) in [5.74, 6) is 0.268. The molecule has 0 bridgehead atoms. The van der Waals surface area contributed by atoms with Crippen molar-refractivity contribution >= 4 is 11.4 Å². The van der Waals surface area contributed by atoms with Gasteiger partial charge in [0.25, 0.3) is 5.69 Å². The minimum atomic E-state index is -0.599. The Hall–Kier alpha value is -3.39. The van der Waals surface area contributed by atoms with Crippen LogP contribution >= 0.6 is 0 Å². The SMILES string of the molecule is Fc1cccc(CC2CCNCC2)c1.O=[N+]([O-])c1ccc(N2CCC(Cc3cccc(F)c3)CC2)c(F)c1. The lowest BCUT2D eigenvalue weighted by Gasteiger charge is -2.33. The number of rotatable bonds is 6. The Morgan fingerprint density at radius 2 is 1.34 bits per heavy atom. The van der Waals surface area contributed by atoms with E-state index in [-0.39, 0.29) is 17.3 Å². The molecule has 2 fully saturated rings. The maximum Gasteiger partial charge on any atom is 0.272 e. The quantitative estimate of drug-likeness (QED) is 0.287. The van der Waals surface area contributed by atoms with Gasteiger partial charge in [-0.25, -0.2) is 13.2 Å². The predicted molar refractivity (Wildman–Crippen MR) is 144 cm³/mol. The fourth-order valence-corrected chi connectivity index (χ4v) is 5.32. The summed E-state index contributed by atoms with van der Waals surface area (Å²) in [6.45, 7) is 3.60. The number of nitro groups is 1. The van der Waals surface area contributed by atoms with Crippen LogP contribution in [0.2, 0.25) is 0 Å². The third-order valence-corrected chi connectivity index (χ3v) is 7.38. The molecule has 0 amide bonds. The summed E-state index contributed by atoms with van der Waals surface area (Å²) in [4.78, 5) is 12.0. The average molecular weight is 526 g/mol. The smallest absolute Gasteiger partial charge is 0.272 e. The highest BCUT2D eigenvalue weighted by molar-refractivity contribution is 5.52. The molecule has 3 aromatic rings. The zero-order valence-electron chi connectivity index (χ0n) is 21.4. The van der Waals surface area contributed by atoms with E-state index in [0.29, 0.717) is 24.7 Å². The van der Waals surface area contributed by atoms with E-state index in [1.807, 2.05) is 17.0 Å². The summed E-state index contributed by atoms with van der Waals surface area (Å²) >= 11 is 0. The van der Waals surface area contributed by atoms with Gasteiger partial charge in [0, 0.05) is 19.2 Å². The van der Waals surface area contributed by atoms with Crippen LogP contribution in [-0.2, 0) is 12.8 Å². The molecule has 5 nitrogen and oxygen atoms in total. The third kappa shape index (κ3) is 8.05. The second kappa shape index (κ2) is 13.4. The number of non-ortho nitro benzene ring substituents is 1. The number of nitrogens with zero attached hydrogens (tertiary/aromatic N) is 2. The zero-order valence-corrected chi connectivity index (χ0v) is 21.4. The van der Waals surface area contributed by atoms with Crippen molar-refractivity contribution in [3.63, 3.8) is 0 Å². The second-order valence-corrected chi connectivity index (χ2v) is 10.2. The molecule has 0 aromatic heterocycles. The minimum Gasteiger partial charge on any atom is -0.369 e. The molecular weight excluding hydrogens is 491 g/mol. The van der Waals surface area contributed by atoms with Crippen LogP contribution < -0.4 is 10.2 Å². The van der Waals surface area contributed by atoms with Gasteiger partial charge in [-0.15, -0.1) is 0 Å². The molecule has 202 valence electrons. The van der Waals surface area contributed by atoms with Gasteiger partial charge in [0.15, 0.2) is 5.82 Å². The highest BCUT2D eigenvalue weighted by Crippen LogP contribution is 2.29. The van der Waals surface area contributed by atoms with E-state index in [4.69, 9.17) is 0 Å². The first-order valence-electron chi connectivity index (χ1n) is 13.3. The average Bonchev–Trinajstić information content (AvgIpc) is 2.90. The Labute approximate surface area is 221 Å². The van der Waals surface area contributed by atoms with Gasteiger partial charge >= 0.3 is 0 Å². The number of nitro benzene ring substituents is 1. The summed E-state index contributed by atoms with van der Waals surface area (Å²) in [5.41, 5.74) is 2.29. The third-order valence-electron chi connectivity index (χ3n) is 7.38. The van der Waals surface area contributed by atoms with Gasteiger partial charge < -0.3 is 10.2 Å².